The van der Waals surface area contributed by atoms with Gasteiger partial charge in [-0.25, -0.2) is 0 Å². The Labute approximate surface area is 71.3 Å². The summed E-state index contributed by atoms with van der Waals surface area (Å²) >= 11 is 0. The van der Waals surface area contributed by atoms with Crippen LogP contribution in [0.15, 0.2) is 4.99 Å². The average Bonchev–Trinajstić information content (AvgIpc) is 2.12. The smallest absolute Gasteiger partial charge is 0.327 e. The van der Waals surface area contributed by atoms with Gasteiger partial charge in [0.1, 0.15) is 6.54 Å². The summed E-state index contributed by atoms with van der Waals surface area (Å²) in [4.78, 5) is 14.3. The fraction of sp³-hybridized carbons (Fsp3) is 0.714. The van der Waals surface area contributed by atoms with E-state index in [4.69, 9.17) is 9.47 Å². The van der Waals surface area contributed by atoms with Crippen LogP contribution in [0, 0.1) is 0 Å². The highest BCUT2D eigenvalue weighted by atomic mass is 16.7. The van der Waals surface area contributed by atoms with E-state index in [1.807, 2.05) is 0 Å². The highest BCUT2D eigenvalue weighted by Crippen LogP contribution is 1.86. The third-order valence-corrected chi connectivity index (χ3v) is 1.14. The van der Waals surface area contributed by atoms with Gasteiger partial charge in [-0.15, -0.1) is 0 Å². The SMILES string of the molecule is COC(=O)CN=CC(OC)OC. The molecule has 12 heavy (non-hydrogen) atoms. The highest BCUT2D eigenvalue weighted by molar-refractivity contribution is 5.74. The number of hydrogen-bond acceptors (Lipinski definition) is 5. The first-order chi connectivity index (χ1) is 5.74. The fourth-order valence-electron chi connectivity index (χ4n) is 0.496. The predicted octanol–water partition coefficient (Wildman–Crippen LogP) is -0.151. The minimum atomic E-state index is -0.505. The Hall–Kier alpha value is -0.940. The van der Waals surface area contributed by atoms with Gasteiger partial charge in [-0.3, -0.25) is 9.79 Å². The number of carbonyl (C=O) groups excluding carboxylic acids is 1. The molecule has 0 N–H and O–H groups in total. The van der Waals surface area contributed by atoms with Crippen molar-refractivity contribution in [3.05, 3.63) is 0 Å². The summed E-state index contributed by atoms with van der Waals surface area (Å²) in [6.07, 6.45) is 0.895. The van der Waals surface area contributed by atoms with Gasteiger partial charge in [0.25, 0.3) is 0 Å². The van der Waals surface area contributed by atoms with Crippen LogP contribution in [-0.2, 0) is 19.0 Å². The number of aliphatic imine (C=N–C) groups is 1. The number of ether oxygens (including phenoxy) is 3. The summed E-state index contributed by atoms with van der Waals surface area (Å²) in [5.74, 6) is -0.391. The van der Waals surface area contributed by atoms with Crippen LogP contribution in [0.4, 0.5) is 0 Å². The second-order valence-electron chi connectivity index (χ2n) is 1.91. The molecule has 0 aliphatic heterocycles. The minimum absolute atomic E-state index is 0.0142. The number of methoxy groups -OCH3 is 3. The second kappa shape index (κ2) is 6.75. The number of hydrogen-bond donors (Lipinski definition) is 0. The van der Waals surface area contributed by atoms with Crippen LogP contribution in [0.2, 0.25) is 0 Å². The largest absolute Gasteiger partial charge is 0.468 e. The van der Waals surface area contributed by atoms with E-state index in [1.165, 1.54) is 27.5 Å². The van der Waals surface area contributed by atoms with Gasteiger partial charge in [-0.05, 0) is 0 Å². The highest BCUT2D eigenvalue weighted by Gasteiger charge is 2.00. The van der Waals surface area contributed by atoms with Crippen LogP contribution in [0.3, 0.4) is 0 Å². The summed E-state index contributed by atoms with van der Waals surface area (Å²) in [6, 6.07) is 0. The maximum absolute atomic E-state index is 10.6. The van der Waals surface area contributed by atoms with E-state index < -0.39 is 12.3 Å². The summed E-state index contributed by atoms with van der Waals surface area (Å²) in [5, 5.41) is 0. The van der Waals surface area contributed by atoms with E-state index in [0.29, 0.717) is 0 Å². The van der Waals surface area contributed by atoms with E-state index in [0.717, 1.165) is 0 Å². The van der Waals surface area contributed by atoms with E-state index in [2.05, 4.69) is 9.73 Å². The lowest BCUT2D eigenvalue weighted by Gasteiger charge is -2.05. The molecule has 0 bridgehead atoms. The summed E-state index contributed by atoms with van der Waals surface area (Å²) in [6.45, 7) is -0.0142. The molecule has 0 saturated heterocycles. The zero-order chi connectivity index (χ0) is 9.40. The number of rotatable bonds is 5. The maximum atomic E-state index is 10.6. The van der Waals surface area contributed by atoms with Gasteiger partial charge >= 0.3 is 5.97 Å². The third kappa shape index (κ3) is 4.81. The molecule has 0 atom stereocenters. The summed E-state index contributed by atoms with van der Waals surface area (Å²) in [7, 11) is 4.28. The molecule has 0 rings (SSSR count). The lowest BCUT2D eigenvalue weighted by atomic mass is 10.6. The number of nitrogens with zero attached hydrogens (tertiary/aromatic N) is 1. The van der Waals surface area contributed by atoms with Gasteiger partial charge in [-0.2, -0.15) is 0 Å². The van der Waals surface area contributed by atoms with Crippen molar-refractivity contribution in [2.45, 2.75) is 6.29 Å². The molecule has 5 nitrogen and oxygen atoms in total. The van der Waals surface area contributed by atoms with Crippen LogP contribution in [0.1, 0.15) is 0 Å². The molecule has 0 heterocycles. The van der Waals surface area contributed by atoms with Gasteiger partial charge in [0.05, 0.1) is 13.3 Å². The van der Waals surface area contributed by atoms with Crippen molar-refractivity contribution in [1.82, 2.24) is 0 Å². The Morgan fingerprint density at radius 2 is 2.00 bits per heavy atom. The monoisotopic (exact) mass is 175 g/mol. The van der Waals surface area contributed by atoms with Crippen molar-refractivity contribution in [1.29, 1.82) is 0 Å². The normalized spacial score (nSPS) is 11.0. The van der Waals surface area contributed by atoms with Crippen LogP contribution in [0.25, 0.3) is 0 Å². The standard InChI is InChI=1S/C7H13NO4/c1-10-6(9)4-8-5-7(11-2)12-3/h5,7H,4H2,1-3H3. The Bertz CT molecular complexity index is 153. The van der Waals surface area contributed by atoms with Gasteiger partial charge < -0.3 is 14.2 Å². The molecule has 0 unspecified atom stereocenters. The minimum Gasteiger partial charge on any atom is -0.468 e. The van der Waals surface area contributed by atoms with Crippen molar-refractivity contribution >= 4 is 12.2 Å². The van der Waals surface area contributed by atoms with Crippen LogP contribution in [0.5, 0.6) is 0 Å². The first kappa shape index (κ1) is 11.1. The molecule has 0 aromatic carbocycles. The average molecular weight is 175 g/mol. The zero-order valence-electron chi connectivity index (χ0n) is 7.44. The Kier molecular flexibility index (Phi) is 6.22. The maximum Gasteiger partial charge on any atom is 0.327 e. The molecular formula is C7H13NO4. The molecule has 0 radical (unpaired) electrons. The molecule has 0 aliphatic carbocycles. The molecule has 5 heteroatoms. The molecular weight excluding hydrogens is 162 g/mol. The summed E-state index contributed by atoms with van der Waals surface area (Å²) in [5.41, 5.74) is 0. The molecule has 70 valence electrons. The Balaban J connectivity index is 3.65. The van der Waals surface area contributed by atoms with Crippen LogP contribution in [-0.4, -0.2) is 46.3 Å². The molecule has 0 aromatic heterocycles. The summed E-state index contributed by atoms with van der Waals surface area (Å²) < 4.78 is 13.9. The fourth-order valence-corrected chi connectivity index (χ4v) is 0.496. The van der Waals surface area contributed by atoms with E-state index in [1.54, 1.807) is 0 Å². The van der Waals surface area contributed by atoms with Crippen molar-refractivity contribution in [3.63, 3.8) is 0 Å². The second-order valence-corrected chi connectivity index (χ2v) is 1.91. The van der Waals surface area contributed by atoms with Gasteiger partial charge in [0, 0.05) is 14.2 Å². The predicted molar refractivity (Wildman–Crippen MR) is 43.2 cm³/mol. The lowest BCUT2D eigenvalue weighted by Crippen LogP contribution is -2.15. The Morgan fingerprint density at radius 3 is 2.42 bits per heavy atom. The van der Waals surface area contributed by atoms with Gasteiger partial charge in [-0.1, -0.05) is 0 Å². The quantitative estimate of drug-likeness (QED) is 0.331. The van der Waals surface area contributed by atoms with Crippen molar-refractivity contribution in [2.24, 2.45) is 4.99 Å². The van der Waals surface area contributed by atoms with Crippen LogP contribution >= 0.6 is 0 Å². The Morgan fingerprint density at radius 1 is 1.42 bits per heavy atom. The molecule has 0 saturated carbocycles. The van der Waals surface area contributed by atoms with Gasteiger partial charge in [0.2, 0.25) is 0 Å². The van der Waals surface area contributed by atoms with Crippen LogP contribution < -0.4 is 0 Å². The number of esters is 1. The van der Waals surface area contributed by atoms with Crippen molar-refractivity contribution in [2.75, 3.05) is 27.9 Å². The van der Waals surface area contributed by atoms with E-state index >= 15 is 0 Å². The lowest BCUT2D eigenvalue weighted by molar-refractivity contribution is -0.138. The molecule has 0 spiro atoms. The molecule has 0 fully saturated rings. The first-order valence-electron chi connectivity index (χ1n) is 3.37. The van der Waals surface area contributed by atoms with Gasteiger partial charge in [0.15, 0.2) is 6.29 Å². The molecule has 0 amide bonds. The van der Waals surface area contributed by atoms with Crippen molar-refractivity contribution < 1.29 is 19.0 Å². The first-order valence-corrected chi connectivity index (χ1v) is 3.37. The van der Waals surface area contributed by atoms with Crippen molar-refractivity contribution in [3.8, 4) is 0 Å². The zero-order valence-corrected chi connectivity index (χ0v) is 7.44. The topological polar surface area (TPSA) is 57.1 Å². The molecule has 0 aromatic rings. The van der Waals surface area contributed by atoms with E-state index in [9.17, 15) is 4.79 Å². The third-order valence-electron chi connectivity index (χ3n) is 1.14. The molecule has 0 aliphatic rings. The van der Waals surface area contributed by atoms with E-state index in [-0.39, 0.29) is 6.54 Å². The number of carbonyl (C=O) groups is 1.